The van der Waals surface area contributed by atoms with E-state index >= 15 is 0 Å². The zero-order valence-corrected chi connectivity index (χ0v) is 10.6. The summed E-state index contributed by atoms with van der Waals surface area (Å²) in [6.45, 7) is 0.243. The van der Waals surface area contributed by atoms with Crippen molar-refractivity contribution in [2.75, 3.05) is 6.61 Å². The lowest BCUT2D eigenvalue weighted by Crippen LogP contribution is -2.23. The number of esters is 1. The summed E-state index contributed by atoms with van der Waals surface area (Å²) in [5, 5.41) is 0. The summed E-state index contributed by atoms with van der Waals surface area (Å²) >= 11 is 0. The first-order valence-corrected chi connectivity index (χ1v) is 5.88. The predicted molar refractivity (Wildman–Crippen MR) is 71.6 cm³/mol. The molecule has 0 amide bonds. The van der Waals surface area contributed by atoms with Crippen LogP contribution in [-0.2, 0) is 23.1 Å². The molecule has 0 aliphatic rings. The summed E-state index contributed by atoms with van der Waals surface area (Å²) in [6, 6.07) is 7.44. The van der Waals surface area contributed by atoms with Crippen LogP contribution in [0, 0.1) is 12.3 Å². The molecule has 5 heteroatoms. The molecule has 98 valence electrons. The van der Waals surface area contributed by atoms with Crippen molar-refractivity contribution in [2.45, 2.75) is 13.0 Å². The second-order valence-corrected chi connectivity index (χ2v) is 4.10. The Morgan fingerprint density at radius 3 is 2.74 bits per heavy atom. The topological polar surface area (TPSA) is 53.2 Å². The van der Waals surface area contributed by atoms with E-state index in [0.29, 0.717) is 0 Å². The van der Waals surface area contributed by atoms with Crippen molar-refractivity contribution in [3.63, 3.8) is 0 Å². The Morgan fingerprint density at radius 2 is 2.05 bits per heavy atom. The number of carbonyl (C=O) groups is 1. The third kappa shape index (κ3) is 2.52. The molecule has 0 radical (unpaired) electrons. The van der Waals surface area contributed by atoms with E-state index in [4.69, 9.17) is 11.2 Å². The number of hydrogen-bond acceptors (Lipinski definition) is 3. The average molecular weight is 258 g/mol. The van der Waals surface area contributed by atoms with Crippen LogP contribution < -0.4 is 5.69 Å². The van der Waals surface area contributed by atoms with E-state index in [0.717, 1.165) is 11.0 Å². The number of para-hydroxylation sites is 2. The van der Waals surface area contributed by atoms with Gasteiger partial charge in [0.15, 0.2) is 6.61 Å². The maximum atomic E-state index is 12.1. The van der Waals surface area contributed by atoms with Crippen LogP contribution in [0.1, 0.15) is 6.42 Å². The number of carbonyl (C=O) groups excluding carboxylic acids is 1. The Hall–Kier alpha value is -2.48. The van der Waals surface area contributed by atoms with Crippen LogP contribution in [0.25, 0.3) is 11.0 Å². The summed E-state index contributed by atoms with van der Waals surface area (Å²) in [4.78, 5) is 23.4. The van der Waals surface area contributed by atoms with Gasteiger partial charge in [-0.3, -0.25) is 13.9 Å². The van der Waals surface area contributed by atoms with Crippen LogP contribution in [0.2, 0.25) is 0 Å². The highest BCUT2D eigenvalue weighted by Gasteiger charge is 2.11. The first kappa shape index (κ1) is 13.0. The molecule has 0 saturated heterocycles. The van der Waals surface area contributed by atoms with Crippen molar-refractivity contribution in [3.05, 3.63) is 34.7 Å². The first-order valence-electron chi connectivity index (χ1n) is 5.88. The standard InChI is InChI=1S/C14H14N2O3/c1-3-10-19-13(17)8-9-16-12-7-5-4-6-11(12)15(2)14(16)18/h1,4-7H,8-10H2,2H3. The van der Waals surface area contributed by atoms with Crippen molar-refractivity contribution >= 4 is 17.0 Å². The number of nitrogens with zero attached hydrogens (tertiary/aromatic N) is 2. The second kappa shape index (κ2) is 5.44. The van der Waals surface area contributed by atoms with E-state index in [1.165, 1.54) is 0 Å². The van der Waals surface area contributed by atoms with Gasteiger partial charge in [-0.2, -0.15) is 0 Å². The summed E-state index contributed by atoms with van der Waals surface area (Å²) in [6.07, 6.45) is 5.12. The minimum atomic E-state index is -0.405. The number of aromatic nitrogens is 2. The van der Waals surface area contributed by atoms with Crippen LogP contribution >= 0.6 is 0 Å². The van der Waals surface area contributed by atoms with Crippen molar-refractivity contribution in [1.29, 1.82) is 0 Å². The first-order chi connectivity index (χ1) is 9.15. The molecule has 5 nitrogen and oxygen atoms in total. The molecule has 2 aromatic rings. The smallest absolute Gasteiger partial charge is 0.328 e. The fourth-order valence-corrected chi connectivity index (χ4v) is 1.98. The van der Waals surface area contributed by atoms with Gasteiger partial charge in [-0.15, -0.1) is 6.42 Å². The molecule has 0 aliphatic heterocycles. The Labute approximate surface area is 110 Å². The molecular formula is C14H14N2O3. The highest BCUT2D eigenvalue weighted by atomic mass is 16.5. The average Bonchev–Trinajstić information content (AvgIpc) is 2.67. The molecule has 0 unspecified atom stereocenters. The minimum Gasteiger partial charge on any atom is -0.452 e. The van der Waals surface area contributed by atoms with Gasteiger partial charge >= 0.3 is 11.7 Å². The third-order valence-electron chi connectivity index (χ3n) is 2.91. The zero-order chi connectivity index (χ0) is 13.8. The number of rotatable bonds is 4. The van der Waals surface area contributed by atoms with E-state index < -0.39 is 5.97 Å². The van der Waals surface area contributed by atoms with Gasteiger partial charge in [0.2, 0.25) is 0 Å². The lowest BCUT2D eigenvalue weighted by Gasteiger charge is -2.03. The SMILES string of the molecule is C#CCOC(=O)CCn1c(=O)n(C)c2ccccc21. The number of aryl methyl sites for hydroxylation is 2. The highest BCUT2D eigenvalue weighted by Crippen LogP contribution is 2.11. The van der Waals surface area contributed by atoms with Crippen LogP contribution in [0.5, 0.6) is 0 Å². The third-order valence-corrected chi connectivity index (χ3v) is 2.91. The van der Waals surface area contributed by atoms with Gasteiger partial charge in [-0.25, -0.2) is 4.79 Å². The largest absolute Gasteiger partial charge is 0.452 e. The van der Waals surface area contributed by atoms with E-state index in [1.54, 1.807) is 16.2 Å². The lowest BCUT2D eigenvalue weighted by atomic mass is 10.3. The van der Waals surface area contributed by atoms with Gasteiger partial charge in [0.05, 0.1) is 17.5 Å². The zero-order valence-electron chi connectivity index (χ0n) is 10.6. The van der Waals surface area contributed by atoms with Crippen LogP contribution in [0.4, 0.5) is 0 Å². The van der Waals surface area contributed by atoms with E-state index in [-0.39, 0.29) is 25.3 Å². The molecule has 19 heavy (non-hydrogen) atoms. The molecule has 0 bridgehead atoms. The molecule has 0 saturated carbocycles. The number of terminal acetylenes is 1. The van der Waals surface area contributed by atoms with Crippen molar-refractivity contribution in [1.82, 2.24) is 9.13 Å². The van der Waals surface area contributed by atoms with Gasteiger partial charge in [-0.1, -0.05) is 18.1 Å². The normalized spacial score (nSPS) is 10.3. The molecule has 2 rings (SSSR count). The molecule has 0 spiro atoms. The fourth-order valence-electron chi connectivity index (χ4n) is 1.98. The van der Waals surface area contributed by atoms with Gasteiger partial charge in [0.1, 0.15) is 0 Å². The molecule has 0 N–H and O–H groups in total. The molecule has 1 aromatic carbocycles. The molecule has 1 aromatic heterocycles. The number of ether oxygens (including phenoxy) is 1. The minimum absolute atomic E-state index is 0.0384. The molecule has 0 aliphatic carbocycles. The van der Waals surface area contributed by atoms with Gasteiger partial charge in [0.25, 0.3) is 0 Å². The Balaban J connectivity index is 2.22. The number of hydrogen-bond donors (Lipinski definition) is 0. The van der Waals surface area contributed by atoms with Gasteiger partial charge in [-0.05, 0) is 12.1 Å². The quantitative estimate of drug-likeness (QED) is 0.605. The van der Waals surface area contributed by atoms with Crippen molar-refractivity contribution in [2.24, 2.45) is 7.05 Å². The Morgan fingerprint density at radius 1 is 1.37 bits per heavy atom. The van der Waals surface area contributed by atoms with Gasteiger partial charge in [0, 0.05) is 13.6 Å². The lowest BCUT2D eigenvalue weighted by molar-refractivity contribution is -0.142. The van der Waals surface area contributed by atoms with Crippen molar-refractivity contribution < 1.29 is 9.53 Å². The molecular weight excluding hydrogens is 244 g/mol. The Kier molecular flexibility index (Phi) is 3.71. The number of fused-ring (bicyclic) bond motifs is 1. The van der Waals surface area contributed by atoms with Crippen molar-refractivity contribution in [3.8, 4) is 12.3 Å². The van der Waals surface area contributed by atoms with E-state index in [2.05, 4.69) is 5.92 Å². The summed E-state index contributed by atoms with van der Waals surface area (Å²) in [7, 11) is 1.71. The molecule has 0 atom stereocenters. The van der Waals surface area contributed by atoms with E-state index in [9.17, 15) is 9.59 Å². The number of imidazole rings is 1. The number of benzene rings is 1. The summed E-state index contributed by atoms with van der Waals surface area (Å²) in [5.74, 6) is 1.82. The maximum absolute atomic E-state index is 12.1. The Bertz CT molecular complexity index is 704. The second-order valence-electron chi connectivity index (χ2n) is 4.10. The van der Waals surface area contributed by atoms with Gasteiger partial charge < -0.3 is 4.74 Å². The van der Waals surface area contributed by atoms with Crippen LogP contribution in [0.3, 0.4) is 0 Å². The summed E-state index contributed by atoms with van der Waals surface area (Å²) in [5.41, 5.74) is 1.50. The highest BCUT2D eigenvalue weighted by molar-refractivity contribution is 5.76. The summed E-state index contributed by atoms with van der Waals surface area (Å²) < 4.78 is 7.89. The monoisotopic (exact) mass is 258 g/mol. The predicted octanol–water partition coefficient (Wildman–Crippen LogP) is 0.906. The van der Waals surface area contributed by atoms with E-state index in [1.807, 2.05) is 24.3 Å². The fraction of sp³-hybridized carbons (Fsp3) is 0.286. The molecule has 1 heterocycles. The van der Waals surface area contributed by atoms with Crippen LogP contribution in [-0.4, -0.2) is 21.7 Å². The maximum Gasteiger partial charge on any atom is 0.328 e. The molecule has 0 fully saturated rings. The van der Waals surface area contributed by atoms with Crippen LogP contribution in [0.15, 0.2) is 29.1 Å².